The van der Waals surface area contributed by atoms with Crippen LogP contribution in [0.1, 0.15) is 21.7 Å². The number of aromatic nitrogens is 1. The largest absolute Gasteiger partial charge is 0.416 e. The van der Waals surface area contributed by atoms with E-state index in [9.17, 15) is 18.0 Å². The molecule has 0 radical (unpaired) electrons. The number of rotatable bonds is 2. The van der Waals surface area contributed by atoms with Crippen molar-refractivity contribution in [1.29, 1.82) is 0 Å². The number of hydrogen-bond donors (Lipinski definition) is 0. The van der Waals surface area contributed by atoms with E-state index >= 15 is 0 Å². The number of nitrogens with zero attached hydrogens (tertiary/aromatic N) is 3. The van der Waals surface area contributed by atoms with Crippen LogP contribution in [0.2, 0.25) is 0 Å². The number of fused-ring (bicyclic) bond motifs is 1. The first-order valence-electron chi connectivity index (χ1n) is 8.97. The molecular weight excluding hydrogens is 387 g/mol. The second-order valence-electron chi connectivity index (χ2n) is 6.67. The van der Waals surface area contributed by atoms with Crippen LogP contribution in [-0.4, -0.2) is 42.0 Å². The van der Waals surface area contributed by atoms with Crippen molar-refractivity contribution in [3.63, 3.8) is 0 Å². The highest BCUT2D eigenvalue weighted by Crippen LogP contribution is 2.33. The molecule has 0 N–H and O–H groups in total. The number of carbonyl (C=O) groups excluding carboxylic acids is 1. The van der Waals surface area contributed by atoms with Crippen LogP contribution in [0.15, 0.2) is 48.0 Å². The lowest BCUT2D eigenvalue weighted by molar-refractivity contribution is -0.137. The Morgan fingerprint density at radius 2 is 1.93 bits per heavy atom. The molecule has 4 rings (SSSR count). The fraction of sp³-hybridized carbons (Fsp3) is 0.300. The third-order valence-electron chi connectivity index (χ3n) is 4.90. The van der Waals surface area contributed by atoms with Gasteiger partial charge in [0, 0.05) is 43.4 Å². The lowest BCUT2D eigenvalue weighted by atomic mass is 10.1. The van der Waals surface area contributed by atoms with Crippen molar-refractivity contribution in [2.24, 2.45) is 0 Å². The molecule has 0 atom stereocenters. The van der Waals surface area contributed by atoms with Gasteiger partial charge in [-0.1, -0.05) is 12.1 Å². The molecule has 1 aliphatic rings. The summed E-state index contributed by atoms with van der Waals surface area (Å²) in [6.45, 7) is 2.58. The molecule has 1 amide bonds. The van der Waals surface area contributed by atoms with Gasteiger partial charge in [-0.15, -0.1) is 11.3 Å². The van der Waals surface area contributed by atoms with Gasteiger partial charge in [0.05, 0.1) is 16.0 Å². The molecule has 3 heterocycles. The van der Waals surface area contributed by atoms with E-state index in [0.29, 0.717) is 30.5 Å². The van der Waals surface area contributed by atoms with Crippen LogP contribution < -0.4 is 4.90 Å². The van der Waals surface area contributed by atoms with Crippen LogP contribution in [0.4, 0.5) is 18.9 Å². The molecule has 1 fully saturated rings. The molecule has 28 heavy (non-hydrogen) atoms. The van der Waals surface area contributed by atoms with Gasteiger partial charge in [0.25, 0.3) is 5.91 Å². The minimum absolute atomic E-state index is 0.0336. The van der Waals surface area contributed by atoms with Crippen molar-refractivity contribution in [3.05, 3.63) is 58.4 Å². The summed E-state index contributed by atoms with van der Waals surface area (Å²) in [5.41, 5.74) is 0.473. The highest BCUT2D eigenvalue weighted by atomic mass is 32.1. The first-order chi connectivity index (χ1) is 13.4. The third-order valence-corrected chi connectivity index (χ3v) is 5.76. The minimum Gasteiger partial charge on any atom is -0.369 e. The Morgan fingerprint density at radius 3 is 2.68 bits per heavy atom. The molecular formula is C20H18F3N3OS. The highest BCUT2D eigenvalue weighted by Gasteiger charge is 2.31. The first-order valence-corrected chi connectivity index (χ1v) is 9.85. The zero-order chi connectivity index (χ0) is 19.7. The van der Waals surface area contributed by atoms with Crippen LogP contribution in [0.5, 0.6) is 0 Å². The zero-order valence-corrected chi connectivity index (χ0v) is 15.8. The summed E-state index contributed by atoms with van der Waals surface area (Å²) in [6, 6.07) is 9.18. The molecule has 0 aliphatic carbocycles. The lowest BCUT2D eigenvalue weighted by Crippen LogP contribution is -2.34. The van der Waals surface area contributed by atoms with Gasteiger partial charge in [-0.3, -0.25) is 9.78 Å². The average molecular weight is 405 g/mol. The van der Waals surface area contributed by atoms with Crippen molar-refractivity contribution in [2.75, 3.05) is 31.1 Å². The van der Waals surface area contributed by atoms with Crippen LogP contribution in [-0.2, 0) is 6.18 Å². The first kappa shape index (κ1) is 18.7. The molecule has 3 aromatic rings. The predicted octanol–water partition coefficient (Wildman–Crippen LogP) is 4.67. The summed E-state index contributed by atoms with van der Waals surface area (Å²) >= 11 is 1.43. The molecule has 1 aromatic carbocycles. The molecule has 8 heteroatoms. The van der Waals surface area contributed by atoms with Crippen molar-refractivity contribution < 1.29 is 18.0 Å². The van der Waals surface area contributed by atoms with Crippen molar-refractivity contribution in [2.45, 2.75) is 12.6 Å². The number of thiophene rings is 1. The number of alkyl halides is 3. The Hall–Kier alpha value is -2.61. The minimum atomic E-state index is -4.39. The molecule has 0 saturated carbocycles. The Kier molecular flexibility index (Phi) is 4.97. The van der Waals surface area contributed by atoms with Gasteiger partial charge < -0.3 is 9.80 Å². The van der Waals surface area contributed by atoms with Gasteiger partial charge in [-0.25, -0.2) is 0 Å². The highest BCUT2D eigenvalue weighted by molar-refractivity contribution is 7.12. The number of hydrogen-bond acceptors (Lipinski definition) is 4. The van der Waals surface area contributed by atoms with Gasteiger partial charge in [0.2, 0.25) is 0 Å². The summed E-state index contributed by atoms with van der Waals surface area (Å²) in [6.07, 6.45) is -2.06. The molecule has 146 valence electrons. The van der Waals surface area contributed by atoms with Gasteiger partial charge in [-0.05, 0) is 36.1 Å². The van der Waals surface area contributed by atoms with E-state index in [-0.39, 0.29) is 5.91 Å². The second kappa shape index (κ2) is 7.43. The molecule has 1 saturated heterocycles. The number of carbonyl (C=O) groups is 1. The summed E-state index contributed by atoms with van der Waals surface area (Å²) < 4.78 is 39.0. The van der Waals surface area contributed by atoms with E-state index in [0.717, 1.165) is 35.7 Å². The molecule has 2 aromatic heterocycles. The van der Waals surface area contributed by atoms with E-state index < -0.39 is 11.7 Å². The van der Waals surface area contributed by atoms with Gasteiger partial charge in [0.15, 0.2) is 0 Å². The van der Waals surface area contributed by atoms with Crippen LogP contribution >= 0.6 is 11.3 Å². The van der Waals surface area contributed by atoms with E-state index in [1.165, 1.54) is 23.6 Å². The topological polar surface area (TPSA) is 36.4 Å². The standard InChI is InChI=1S/C20H18F3N3OS/c21-20(22,23)14-4-5-15-16(13-14)24-7-6-17(15)25-8-2-9-26(11-10-25)19(27)18-3-1-12-28-18/h1,3-7,12-13H,2,8-11H2. The second-order valence-corrected chi connectivity index (χ2v) is 7.62. The maximum atomic E-state index is 13.0. The average Bonchev–Trinajstić information content (AvgIpc) is 3.11. The van der Waals surface area contributed by atoms with E-state index in [1.54, 1.807) is 0 Å². The van der Waals surface area contributed by atoms with Gasteiger partial charge in [0.1, 0.15) is 0 Å². The predicted molar refractivity (Wildman–Crippen MR) is 104 cm³/mol. The quantitative estimate of drug-likeness (QED) is 0.622. The van der Waals surface area contributed by atoms with Crippen molar-refractivity contribution in [1.82, 2.24) is 9.88 Å². The molecule has 0 bridgehead atoms. The van der Waals surface area contributed by atoms with Crippen LogP contribution in [0.25, 0.3) is 10.9 Å². The molecule has 0 unspecified atom stereocenters. The van der Waals surface area contributed by atoms with Gasteiger partial charge in [-0.2, -0.15) is 13.2 Å². The summed E-state index contributed by atoms with van der Waals surface area (Å²) in [5, 5.41) is 2.57. The monoisotopic (exact) mass is 405 g/mol. The molecule has 1 aliphatic heterocycles. The number of benzene rings is 1. The molecule has 4 nitrogen and oxygen atoms in total. The SMILES string of the molecule is O=C(c1cccs1)N1CCCN(c2ccnc3cc(C(F)(F)F)ccc23)CC1. The number of pyridine rings is 1. The zero-order valence-electron chi connectivity index (χ0n) is 14.9. The van der Waals surface area contributed by atoms with Crippen molar-refractivity contribution in [3.8, 4) is 0 Å². The fourth-order valence-corrected chi connectivity index (χ4v) is 4.19. The number of amides is 1. The van der Waals surface area contributed by atoms with Crippen molar-refractivity contribution >= 4 is 33.8 Å². The van der Waals surface area contributed by atoms with E-state index in [2.05, 4.69) is 9.88 Å². The van der Waals surface area contributed by atoms with Gasteiger partial charge >= 0.3 is 6.18 Å². The normalized spacial score (nSPS) is 15.7. The number of halogens is 3. The maximum Gasteiger partial charge on any atom is 0.416 e. The lowest BCUT2D eigenvalue weighted by Gasteiger charge is -2.25. The summed E-state index contributed by atoms with van der Waals surface area (Å²) in [5.74, 6) is 0.0336. The third kappa shape index (κ3) is 3.69. The fourth-order valence-electron chi connectivity index (χ4n) is 3.50. The van der Waals surface area contributed by atoms with E-state index in [4.69, 9.17) is 0 Å². The smallest absolute Gasteiger partial charge is 0.369 e. The Balaban J connectivity index is 1.57. The van der Waals surface area contributed by atoms with E-state index in [1.807, 2.05) is 28.5 Å². The maximum absolute atomic E-state index is 13.0. The van der Waals surface area contributed by atoms with Crippen LogP contribution in [0.3, 0.4) is 0 Å². The molecule has 0 spiro atoms. The summed E-state index contributed by atoms with van der Waals surface area (Å²) in [7, 11) is 0. The Bertz CT molecular complexity index is 988. The number of anilines is 1. The van der Waals surface area contributed by atoms with Crippen LogP contribution in [0, 0.1) is 0 Å². The summed E-state index contributed by atoms with van der Waals surface area (Å²) in [4.78, 5) is 21.4. The Labute approximate surface area is 164 Å². The Morgan fingerprint density at radius 1 is 1.07 bits per heavy atom.